The van der Waals surface area contributed by atoms with E-state index in [1.54, 1.807) is 0 Å². The topological polar surface area (TPSA) is 41.6 Å². The maximum Gasteiger partial charge on any atom is 0.418 e. The van der Waals surface area contributed by atoms with Gasteiger partial charge in [-0.3, -0.25) is 4.79 Å². The van der Waals surface area contributed by atoms with Gasteiger partial charge in [-0.15, -0.1) is 0 Å². The Hall–Kier alpha value is -1.76. The van der Waals surface area contributed by atoms with Crippen LogP contribution in [0.15, 0.2) is 6.07 Å². The van der Waals surface area contributed by atoms with Crippen molar-refractivity contribution in [1.29, 1.82) is 0 Å². The van der Waals surface area contributed by atoms with Gasteiger partial charge < -0.3 is 15.0 Å². The molecule has 1 aromatic rings. The third-order valence-corrected chi connectivity index (χ3v) is 5.32. The Labute approximate surface area is 151 Å². The van der Waals surface area contributed by atoms with Crippen molar-refractivity contribution in [2.24, 2.45) is 0 Å². The zero-order valence-electron chi connectivity index (χ0n) is 15.2. The summed E-state index contributed by atoms with van der Waals surface area (Å²) in [6.07, 6.45) is -0.599. The van der Waals surface area contributed by atoms with Crippen LogP contribution in [0.25, 0.3) is 0 Å². The van der Waals surface area contributed by atoms with Crippen LogP contribution < -0.4 is 10.2 Å². The van der Waals surface area contributed by atoms with Crippen LogP contribution in [-0.2, 0) is 15.7 Å². The Bertz CT molecular complexity index is 676. The van der Waals surface area contributed by atoms with Gasteiger partial charge in [0.1, 0.15) is 0 Å². The van der Waals surface area contributed by atoms with Crippen LogP contribution in [-0.4, -0.2) is 32.2 Å². The van der Waals surface area contributed by atoms with Crippen LogP contribution >= 0.6 is 0 Å². The second-order valence-corrected chi connectivity index (χ2v) is 7.12. The predicted molar refractivity (Wildman–Crippen MR) is 94.7 cm³/mol. The van der Waals surface area contributed by atoms with E-state index >= 15 is 0 Å². The van der Waals surface area contributed by atoms with Gasteiger partial charge in [0.15, 0.2) is 0 Å². The van der Waals surface area contributed by atoms with Gasteiger partial charge in [0.25, 0.3) is 0 Å². The smallest absolute Gasteiger partial charge is 0.378 e. The van der Waals surface area contributed by atoms with E-state index in [0.29, 0.717) is 32.0 Å². The van der Waals surface area contributed by atoms with Crippen molar-refractivity contribution in [1.82, 2.24) is 0 Å². The zero-order chi connectivity index (χ0) is 18.9. The summed E-state index contributed by atoms with van der Waals surface area (Å²) in [5, 5.41) is 2.46. The molecule has 1 aromatic carbocycles. The number of alkyl halides is 3. The molecule has 1 amide bonds. The number of carbonyl (C=O) groups excluding carboxylic acids is 1. The van der Waals surface area contributed by atoms with Gasteiger partial charge in [-0.05, 0) is 42.9 Å². The number of carbonyl (C=O) groups is 1. The van der Waals surface area contributed by atoms with Crippen molar-refractivity contribution in [3.05, 3.63) is 22.8 Å². The quantitative estimate of drug-likeness (QED) is 0.854. The zero-order valence-corrected chi connectivity index (χ0v) is 15.2. The van der Waals surface area contributed by atoms with E-state index in [9.17, 15) is 18.0 Å². The highest BCUT2D eigenvalue weighted by atomic mass is 19.4. The van der Waals surface area contributed by atoms with Crippen molar-refractivity contribution in [2.75, 3.05) is 36.5 Å². The van der Waals surface area contributed by atoms with Crippen molar-refractivity contribution < 1.29 is 22.7 Å². The number of hydrogen-bond donors (Lipinski definition) is 1. The number of hydrogen-bond acceptors (Lipinski definition) is 3. The van der Waals surface area contributed by atoms with Crippen LogP contribution in [0.1, 0.15) is 55.2 Å². The Balaban J connectivity index is 2.21. The molecule has 7 heteroatoms. The molecule has 2 fully saturated rings. The molecular weight excluding hydrogens is 345 g/mol. The minimum Gasteiger partial charge on any atom is -0.378 e. The molecule has 0 unspecified atom stereocenters. The summed E-state index contributed by atoms with van der Waals surface area (Å²) in [5.74, 6) is -0.347. The van der Waals surface area contributed by atoms with Crippen molar-refractivity contribution in [3.63, 3.8) is 0 Å². The molecule has 0 radical (unpaired) electrons. The molecule has 0 bridgehead atoms. The number of nitrogens with zero attached hydrogens (tertiary/aromatic N) is 1. The standard InChI is InChI=1S/C19H25F3N2O2/c1-12-15(14-5-3-4-6-14)11-16(19(20,21)22)17(23-13(2)25)18(12)24-7-9-26-10-8-24/h11,14H,3-10H2,1-2H3,(H,23,25). The highest BCUT2D eigenvalue weighted by Crippen LogP contribution is 2.47. The lowest BCUT2D eigenvalue weighted by molar-refractivity contribution is -0.137. The molecule has 0 spiro atoms. The van der Waals surface area contributed by atoms with Crippen molar-refractivity contribution >= 4 is 17.3 Å². The van der Waals surface area contributed by atoms with Crippen molar-refractivity contribution in [2.45, 2.75) is 51.6 Å². The number of ether oxygens (including phenoxy) is 1. The van der Waals surface area contributed by atoms with E-state index < -0.39 is 17.6 Å². The number of anilines is 2. The number of amides is 1. The van der Waals surface area contributed by atoms with Crippen LogP contribution in [0.2, 0.25) is 0 Å². The average molecular weight is 370 g/mol. The lowest BCUT2D eigenvalue weighted by Gasteiger charge is -2.34. The van der Waals surface area contributed by atoms with E-state index in [4.69, 9.17) is 4.74 Å². The molecule has 1 N–H and O–H groups in total. The molecular formula is C19H25F3N2O2. The first-order chi connectivity index (χ1) is 12.3. The molecule has 144 valence electrons. The van der Waals surface area contributed by atoms with Gasteiger partial charge in [-0.25, -0.2) is 0 Å². The molecule has 0 atom stereocenters. The van der Waals surface area contributed by atoms with Crippen LogP contribution in [0, 0.1) is 6.92 Å². The fraction of sp³-hybridized carbons (Fsp3) is 0.632. The Kier molecular flexibility index (Phi) is 5.46. The molecule has 3 rings (SSSR count). The summed E-state index contributed by atoms with van der Waals surface area (Å²) in [7, 11) is 0. The van der Waals surface area contributed by atoms with Crippen LogP contribution in [0.5, 0.6) is 0 Å². The minimum absolute atomic E-state index is 0.119. The molecule has 1 saturated carbocycles. The maximum absolute atomic E-state index is 13.9. The lowest BCUT2D eigenvalue weighted by Crippen LogP contribution is -2.38. The fourth-order valence-corrected chi connectivity index (χ4v) is 4.16. The maximum atomic E-state index is 13.9. The van der Waals surface area contributed by atoms with Gasteiger partial charge in [-0.1, -0.05) is 12.8 Å². The lowest BCUT2D eigenvalue weighted by atomic mass is 9.88. The van der Waals surface area contributed by atoms with E-state index in [-0.39, 0.29) is 11.6 Å². The van der Waals surface area contributed by atoms with E-state index in [0.717, 1.165) is 36.8 Å². The number of nitrogens with one attached hydrogen (secondary N) is 1. The summed E-state index contributed by atoms with van der Waals surface area (Å²) in [6.45, 7) is 5.08. The van der Waals surface area contributed by atoms with Gasteiger partial charge in [0.05, 0.1) is 30.2 Å². The second-order valence-electron chi connectivity index (χ2n) is 7.12. The largest absolute Gasteiger partial charge is 0.418 e. The van der Waals surface area contributed by atoms with E-state index in [1.165, 1.54) is 13.0 Å². The van der Waals surface area contributed by atoms with Gasteiger partial charge in [0, 0.05) is 20.0 Å². The number of benzene rings is 1. The minimum atomic E-state index is -4.53. The highest BCUT2D eigenvalue weighted by molar-refractivity contribution is 5.95. The fourth-order valence-electron chi connectivity index (χ4n) is 4.16. The molecule has 1 aliphatic carbocycles. The third kappa shape index (κ3) is 3.82. The number of halogens is 3. The predicted octanol–water partition coefficient (Wildman–Crippen LogP) is 4.47. The first kappa shape index (κ1) is 19.0. The number of morpholine rings is 1. The second kappa shape index (κ2) is 7.47. The van der Waals surface area contributed by atoms with Crippen LogP contribution in [0.3, 0.4) is 0 Å². The Morgan fingerprint density at radius 2 is 1.85 bits per heavy atom. The average Bonchev–Trinajstić information content (AvgIpc) is 3.08. The molecule has 26 heavy (non-hydrogen) atoms. The normalized spacial score (nSPS) is 19.0. The molecule has 1 heterocycles. The van der Waals surface area contributed by atoms with Gasteiger partial charge >= 0.3 is 6.18 Å². The van der Waals surface area contributed by atoms with Crippen LogP contribution in [0.4, 0.5) is 24.5 Å². The van der Waals surface area contributed by atoms with E-state index in [2.05, 4.69) is 5.32 Å². The van der Waals surface area contributed by atoms with Gasteiger partial charge in [0.2, 0.25) is 5.91 Å². The molecule has 2 aliphatic rings. The first-order valence-corrected chi connectivity index (χ1v) is 9.14. The SMILES string of the molecule is CC(=O)Nc1c(C(F)(F)F)cc(C2CCCC2)c(C)c1N1CCOCC1. The van der Waals surface area contributed by atoms with E-state index in [1.807, 2.05) is 11.8 Å². The monoisotopic (exact) mass is 370 g/mol. The molecule has 1 aliphatic heterocycles. The van der Waals surface area contributed by atoms with Gasteiger partial charge in [-0.2, -0.15) is 13.2 Å². The highest BCUT2D eigenvalue weighted by Gasteiger charge is 2.38. The Morgan fingerprint density at radius 3 is 2.38 bits per heavy atom. The summed E-state index contributed by atoms with van der Waals surface area (Å²) >= 11 is 0. The molecule has 4 nitrogen and oxygen atoms in total. The third-order valence-electron chi connectivity index (χ3n) is 5.32. The summed E-state index contributed by atoms with van der Waals surface area (Å²) in [6, 6.07) is 1.26. The molecule has 1 saturated heterocycles. The summed E-state index contributed by atoms with van der Waals surface area (Å²) in [5.41, 5.74) is 1.24. The Morgan fingerprint density at radius 1 is 1.23 bits per heavy atom. The summed E-state index contributed by atoms with van der Waals surface area (Å²) in [4.78, 5) is 13.6. The summed E-state index contributed by atoms with van der Waals surface area (Å²) < 4.78 is 46.9. The first-order valence-electron chi connectivity index (χ1n) is 9.14. The number of rotatable bonds is 3. The van der Waals surface area contributed by atoms with Crippen molar-refractivity contribution in [3.8, 4) is 0 Å². The molecule has 0 aromatic heterocycles.